The standard InChI is InChI=1S/C18H20F2N4O3S/c19-15-5-4-14(13-16(15)20)18(25)22-7-12-28(26,27)24-10-8-23(9-11-24)17-3-1-2-6-21-17/h1-6,13H,7-12H2,(H,22,25). The maximum absolute atomic E-state index is 13.2. The number of hydrogen-bond acceptors (Lipinski definition) is 5. The normalized spacial score (nSPS) is 15.4. The third-order valence-electron chi connectivity index (χ3n) is 4.43. The molecular weight excluding hydrogens is 390 g/mol. The van der Waals surface area contributed by atoms with Crippen molar-refractivity contribution in [2.45, 2.75) is 0 Å². The Morgan fingerprint density at radius 3 is 2.46 bits per heavy atom. The van der Waals surface area contributed by atoms with Crippen molar-refractivity contribution in [3.63, 3.8) is 0 Å². The summed E-state index contributed by atoms with van der Waals surface area (Å²) in [4.78, 5) is 18.2. The van der Waals surface area contributed by atoms with Crippen LogP contribution in [0.5, 0.6) is 0 Å². The fraction of sp³-hybridized carbons (Fsp3) is 0.333. The van der Waals surface area contributed by atoms with Gasteiger partial charge in [-0.05, 0) is 30.3 Å². The summed E-state index contributed by atoms with van der Waals surface area (Å²) in [5.74, 6) is -2.31. The predicted octanol–water partition coefficient (Wildman–Crippen LogP) is 1.24. The number of carbonyl (C=O) groups excluding carboxylic acids is 1. The van der Waals surface area contributed by atoms with Gasteiger partial charge in [0.2, 0.25) is 10.0 Å². The van der Waals surface area contributed by atoms with Crippen LogP contribution in [-0.4, -0.2) is 62.1 Å². The molecule has 28 heavy (non-hydrogen) atoms. The summed E-state index contributed by atoms with van der Waals surface area (Å²) in [7, 11) is -3.54. The Balaban J connectivity index is 1.49. The molecular formula is C18H20F2N4O3S. The van der Waals surface area contributed by atoms with Gasteiger partial charge in [0, 0.05) is 44.5 Å². The van der Waals surface area contributed by atoms with Crippen LogP contribution < -0.4 is 10.2 Å². The Bertz CT molecular complexity index is 933. The maximum atomic E-state index is 13.2. The number of halogens is 2. The quantitative estimate of drug-likeness (QED) is 0.775. The summed E-state index contributed by atoms with van der Waals surface area (Å²) in [6.07, 6.45) is 1.69. The lowest BCUT2D eigenvalue weighted by Crippen LogP contribution is -2.50. The van der Waals surface area contributed by atoms with E-state index in [1.165, 1.54) is 4.31 Å². The molecule has 0 unspecified atom stereocenters. The number of anilines is 1. The molecule has 2 heterocycles. The monoisotopic (exact) mass is 410 g/mol. The first-order valence-electron chi connectivity index (χ1n) is 8.74. The van der Waals surface area contributed by atoms with Crippen molar-refractivity contribution >= 4 is 21.7 Å². The molecule has 0 spiro atoms. The van der Waals surface area contributed by atoms with E-state index in [2.05, 4.69) is 10.3 Å². The number of pyridine rings is 1. The Kier molecular flexibility index (Phi) is 6.20. The Labute approximate surface area is 162 Å². The maximum Gasteiger partial charge on any atom is 0.251 e. The van der Waals surface area contributed by atoms with Crippen molar-refractivity contribution in [2.75, 3.05) is 43.4 Å². The van der Waals surface area contributed by atoms with Crippen LogP contribution in [0.3, 0.4) is 0 Å². The van der Waals surface area contributed by atoms with E-state index >= 15 is 0 Å². The molecule has 1 aromatic carbocycles. The van der Waals surface area contributed by atoms with Crippen LogP contribution >= 0.6 is 0 Å². The van der Waals surface area contributed by atoms with E-state index in [1.807, 2.05) is 23.1 Å². The van der Waals surface area contributed by atoms with Gasteiger partial charge >= 0.3 is 0 Å². The summed E-state index contributed by atoms with van der Waals surface area (Å²) in [5.41, 5.74) is -0.0692. The molecule has 0 atom stereocenters. The average Bonchev–Trinajstić information content (AvgIpc) is 2.70. The smallest absolute Gasteiger partial charge is 0.251 e. The topological polar surface area (TPSA) is 82.6 Å². The number of nitrogens with zero attached hydrogens (tertiary/aromatic N) is 3. The molecule has 1 aliphatic heterocycles. The van der Waals surface area contributed by atoms with Crippen molar-refractivity contribution in [3.05, 3.63) is 59.8 Å². The first-order valence-corrected chi connectivity index (χ1v) is 10.3. The van der Waals surface area contributed by atoms with Crippen molar-refractivity contribution in [3.8, 4) is 0 Å². The molecule has 7 nitrogen and oxygen atoms in total. The van der Waals surface area contributed by atoms with Gasteiger partial charge in [0.05, 0.1) is 5.75 Å². The molecule has 1 aliphatic rings. The first kappa shape index (κ1) is 20.2. The van der Waals surface area contributed by atoms with Gasteiger partial charge in [-0.1, -0.05) is 6.07 Å². The minimum atomic E-state index is -3.54. The van der Waals surface area contributed by atoms with E-state index in [4.69, 9.17) is 0 Å². The Hall–Kier alpha value is -2.59. The predicted molar refractivity (Wildman–Crippen MR) is 101 cm³/mol. The van der Waals surface area contributed by atoms with Crippen molar-refractivity contribution < 1.29 is 22.0 Å². The van der Waals surface area contributed by atoms with Crippen molar-refractivity contribution in [1.29, 1.82) is 0 Å². The summed E-state index contributed by atoms with van der Waals surface area (Å²) in [6.45, 7) is 1.58. The molecule has 10 heteroatoms. The second kappa shape index (κ2) is 8.61. The minimum Gasteiger partial charge on any atom is -0.354 e. The SMILES string of the molecule is O=C(NCCS(=O)(=O)N1CCN(c2ccccn2)CC1)c1ccc(F)c(F)c1. The van der Waals surface area contributed by atoms with Gasteiger partial charge in [0.15, 0.2) is 11.6 Å². The first-order chi connectivity index (χ1) is 13.4. The molecule has 2 aromatic rings. The molecule has 150 valence electrons. The zero-order chi connectivity index (χ0) is 20.1. The fourth-order valence-corrected chi connectivity index (χ4v) is 4.24. The van der Waals surface area contributed by atoms with Gasteiger partial charge in [-0.2, -0.15) is 4.31 Å². The van der Waals surface area contributed by atoms with Crippen LogP contribution in [0.4, 0.5) is 14.6 Å². The average molecular weight is 410 g/mol. The lowest BCUT2D eigenvalue weighted by Gasteiger charge is -2.34. The summed E-state index contributed by atoms with van der Waals surface area (Å²) >= 11 is 0. The third-order valence-corrected chi connectivity index (χ3v) is 6.30. The summed E-state index contributed by atoms with van der Waals surface area (Å²) < 4.78 is 52.4. The van der Waals surface area contributed by atoms with E-state index in [-0.39, 0.29) is 17.9 Å². The van der Waals surface area contributed by atoms with E-state index in [0.29, 0.717) is 26.2 Å². The number of carbonyl (C=O) groups is 1. The Morgan fingerprint density at radius 2 is 1.82 bits per heavy atom. The van der Waals surface area contributed by atoms with E-state index in [9.17, 15) is 22.0 Å². The van der Waals surface area contributed by atoms with Gasteiger partial charge in [-0.15, -0.1) is 0 Å². The second-order valence-corrected chi connectivity index (χ2v) is 8.36. The molecule has 1 amide bonds. The van der Waals surface area contributed by atoms with Crippen molar-refractivity contribution in [2.24, 2.45) is 0 Å². The van der Waals surface area contributed by atoms with E-state index in [0.717, 1.165) is 24.0 Å². The number of rotatable bonds is 6. The third kappa shape index (κ3) is 4.82. The lowest BCUT2D eigenvalue weighted by molar-refractivity contribution is 0.0955. The molecule has 0 radical (unpaired) electrons. The van der Waals surface area contributed by atoms with Crippen LogP contribution in [0.2, 0.25) is 0 Å². The summed E-state index contributed by atoms with van der Waals surface area (Å²) in [6, 6.07) is 8.33. The largest absolute Gasteiger partial charge is 0.354 e. The minimum absolute atomic E-state index is 0.0692. The number of hydrogen-bond donors (Lipinski definition) is 1. The zero-order valence-electron chi connectivity index (χ0n) is 15.0. The molecule has 3 rings (SSSR count). The molecule has 1 fully saturated rings. The number of nitrogens with one attached hydrogen (secondary N) is 1. The number of amides is 1. The molecule has 1 saturated heterocycles. The fourth-order valence-electron chi connectivity index (χ4n) is 2.90. The zero-order valence-corrected chi connectivity index (χ0v) is 15.8. The van der Waals surface area contributed by atoms with Crippen molar-refractivity contribution in [1.82, 2.24) is 14.6 Å². The lowest BCUT2D eigenvalue weighted by atomic mass is 10.2. The van der Waals surface area contributed by atoms with Gasteiger partial charge in [-0.3, -0.25) is 4.79 Å². The highest BCUT2D eigenvalue weighted by Gasteiger charge is 2.27. The molecule has 0 saturated carbocycles. The highest BCUT2D eigenvalue weighted by Crippen LogP contribution is 2.15. The Morgan fingerprint density at radius 1 is 1.07 bits per heavy atom. The highest BCUT2D eigenvalue weighted by molar-refractivity contribution is 7.89. The van der Waals surface area contributed by atoms with Gasteiger partial charge in [0.25, 0.3) is 5.91 Å². The van der Waals surface area contributed by atoms with E-state index < -0.39 is 27.6 Å². The molecule has 0 bridgehead atoms. The number of benzene rings is 1. The number of aromatic nitrogens is 1. The van der Waals surface area contributed by atoms with Crippen LogP contribution in [0, 0.1) is 11.6 Å². The van der Waals surface area contributed by atoms with E-state index in [1.54, 1.807) is 6.20 Å². The highest BCUT2D eigenvalue weighted by atomic mass is 32.2. The number of piperazine rings is 1. The van der Waals surface area contributed by atoms with Gasteiger partial charge < -0.3 is 10.2 Å². The van der Waals surface area contributed by atoms with Crippen LogP contribution in [-0.2, 0) is 10.0 Å². The van der Waals surface area contributed by atoms with Crippen LogP contribution in [0.15, 0.2) is 42.6 Å². The van der Waals surface area contributed by atoms with Gasteiger partial charge in [0.1, 0.15) is 5.82 Å². The summed E-state index contributed by atoms with van der Waals surface area (Å²) in [5, 5.41) is 2.42. The molecule has 1 aromatic heterocycles. The molecule has 1 N–H and O–H groups in total. The van der Waals surface area contributed by atoms with Crippen LogP contribution in [0.25, 0.3) is 0 Å². The second-order valence-electron chi connectivity index (χ2n) is 6.27. The number of sulfonamides is 1. The molecule has 0 aliphatic carbocycles. The van der Waals surface area contributed by atoms with Gasteiger partial charge in [-0.25, -0.2) is 22.2 Å². The van der Waals surface area contributed by atoms with Crippen LogP contribution in [0.1, 0.15) is 10.4 Å².